The third-order valence-electron chi connectivity index (χ3n) is 6.05. The Morgan fingerprint density at radius 1 is 1.30 bits per heavy atom. The van der Waals surface area contributed by atoms with E-state index >= 15 is 0 Å². The number of piperidine rings is 1. The van der Waals surface area contributed by atoms with E-state index in [0.717, 1.165) is 58.1 Å². The molecular formula is C21H34IN3O2. The Labute approximate surface area is 180 Å². The zero-order valence-corrected chi connectivity index (χ0v) is 19.1. The number of aliphatic imine (C=N–C) groups is 1. The third kappa shape index (κ3) is 5.57. The van der Waals surface area contributed by atoms with Crippen LogP contribution in [0.3, 0.4) is 0 Å². The monoisotopic (exact) mass is 487 g/mol. The minimum atomic E-state index is -0.137. The molecule has 0 bridgehead atoms. The fourth-order valence-corrected chi connectivity index (χ4v) is 4.30. The number of halogens is 1. The van der Waals surface area contributed by atoms with Gasteiger partial charge in [-0.15, -0.1) is 24.0 Å². The van der Waals surface area contributed by atoms with Gasteiger partial charge in [0.2, 0.25) is 0 Å². The molecule has 2 heterocycles. The molecule has 0 spiro atoms. The van der Waals surface area contributed by atoms with Gasteiger partial charge >= 0.3 is 0 Å². The lowest BCUT2D eigenvalue weighted by atomic mass is 9.82. The zero-order chi connectivity index (χ0) is 18.4. The predicted octanol–water partition coefficient (Wildman–Crippen LogP) is 3.50. The summed E-state index contributed by atoms with van der Waals surface area (Å²) in [4.78, 5) is 6.93. The normalized spacial score (nSPS) is 25.6. The topological polar surface area (TPSA) is 46.1 Å². The van der Waals surface area contributed by atoms with Crippen molar-refractivity contribution in [2.75, 3.05) is 47.0 Å². The van der Waals surface area contributed by atoms with Gasteiger partial charge in [-0.2, -0.15) is 0 Å². The lowest BCUT2D eigenvalue weighted by Crippen LogP contribution is -2.53. The van der Waals surface area contributed by atoms with E-state index in [0.29, 0.717) is 11.8 Å². The van der Waals surface area contributed by atoms with Crippen LogP contribution in [0.1, 0.15) is 37.7 Å². The standard InChI is InChI=1S/C21H33N3O2.HI/c1-17-15-24(12-9-19(17)18-7-5-4-6-8-18)20(22-2)23-16-21(25-3)10-13-26-14-11-21;/h4-8,17,19H,9-16H2,1-3H3,(H,22,23);1H. The molecule has 2 saturated heterocycles. The molecule has 0 amide bonds. The van der Waals surface area contributed by atoms with Gasteiger partial charge in [0.15, 0.2) is 5.96 Å². The van der Waals surface area contributed by atoms with Crippen LogP contribution in [0.2, 0.25) is 0 Å². The second kappa shape index (κ2) is 10.6. The highest BCUT2D eigenvalue weighted by Gasteiger charge is 2.34. The molecule has 0 radical (unpaired) electrons. The highest BCUT2D eigenvalue weighted by Crippen LogP contribution is 2.32. The SMILES string of the molecule is CN=C(NCC1(OC)CCOCC1)N1CCC(c2ccccc2)C(C)C1.I. The first-order valence-corrected chi connectivity index (χ1v) is 9.81. The second-order valence-corrected chi connectivity index (χ2v) is 7.63. The molecule has 2 atom stereocenters. The zero-order valence-electron chi connectivity index (χ0n) is 16.8. The smallest absolute Gasteiger partial charge is 0.193 e. The van der Waals surface area contributed by atoms with E-state index in [2.05, 4.69) is 52.5 Å². The summed E-state index contributed by atoms with van der Waals surface area (Å²) in [6, 6.07) is 10.9. The van der Waals surface area contributed by atoms with Crippen molar-refractivity contribution >= 4 is 29.9 Å². The average Bonchev–Trinajstić information content (AvgIpc) is 2.70. The first-order chi connectivity index (χ1) is 12.7. The number of guanidine groups is 1. The molecule has 2 aliphatic rings. The van der Waals surface area contributed by atoms with Gasteiger partial charge in [-0.25, -0.2) is 0 Å². The molecule has 5 nitrogen and oxygen atoms in total. The van der Waals surface area contributed by atoms with Crippen molar-refractivity contribution in [3.05, 3.63) is 35.9 Å². The Balaban J connectivity index is 0.00000261. The number of hydrogen-bond acceptors (Lipinski definition) is 3. The molecule has 27 heavy (non-hydrogen) atoms. The van der Waals surface area contributed by atoms with Crippen molar-refractivity contribution in [3.8, 4) is 0 Å². The molecule has 2 fully saturated rings. The summed E-state index contributed by atoms with van der Waals surface area (Å²) < 4.78 is 11.3. The van der Waals surface area contributed by atoms with Gasteiger partial charge in [0.05, 0.1) is 5.60 Å². The third-order valence-corrected chi connectivity index (χ3v) is 6.05. The van der Waals surface area contributed by atoms with Gasteiger partial charge in [0.25, 0.3) is 0 Å². The van der Waals surface area contributed by atoms with Crippen molar-refractivity contribution < 1.29 is 9.47 Å². The fourth-order valence-electron chi connectivity index (χ4n) is 4.30. The van der Waals surface area contributed by atoms with Crippen LogP contribution in [0.4, 0.5) is 0 Å². The Bertz CT molecular complexity index is 590. The van der Waals surface area contributed by atoms with Crippen LogP contribution >= 0.6 is 24.0 Å². The van der Waals surface area contributed by atoms with Crippen LogP contribution in [0.25, 0.3) is 0 Å². The van der Waals surface area contributed by atoms with Gasteiger partial charge in [0.1, 0.15) is 0 Å². The number of likely N-dealkylation sites (tertiary alicyclic amines) is 1. The van der Waals surface area contributed by atoms with Crippen LogP contribution in [-0.2, 0) is 9.47 Å². The van der Waals surface area contributed by atoms with Gasteiger partial charge in [0, 0.05) is 59.8 Å². The molecule has 0 aromatic heterocycles. The van der Waals surface area contributed by atoms with E-state index in [4.69, 9.17) is 9.47 Å². The molecule has 1 aromatic carbocycles. The van der Waals surface area contributed by atoms with E-state index in [9.17, 15) is 0 Å². The first-order valence-electron chi connectivity index (χ1n) is 9.81. The van der Waals surface area contributed by atoms with E-state index in [1.54, 1.807) is 0 Å². The Hall–Kier alpha value is -0.860. The molecule has 0 saturated carbocycles. The summed E-state index contributed by atoms with van der Waals surface area (Å²) in [6.07, 6.45) is 3.02. The summed E-state index contributed by atoms with van der Waals surface area (Å²) in [5.41, 5.74) is 1.32. The molecule has 2 aliphatic heterocycles. The molecule has 1 aromatic rings. The molecule has 0 aliphatic carbocycles. The highest BCUT2D eigenvalue weighted by atomic mass is 127. The van der Waals surface area contributed by atoms with Crippen LogP contribution in [0.15, 0.2) is 35.3 Å². The van der Waals surface area contributed by atoms with Crippen molar-refractivity contribution in [1.29, 1.82) is 0 Å². The van der Waals surface area contributed by atoms with Crippen molar-refractivity contribution in [2.45, 2.75) is 37.7 Å². The van der Waals surface area contributed by atoms with Crippen LogP contribution in [-0.4, -0.2) is 63.5 Å². The van der Waals surface area contributed by atoms with Gasteiger partial charge in [-0.3, -0.25) is 4.99 Å². The Kier molecular flexibility index (Phi) is 8.82. The summed E-state index contributed by atoms with van der Waals surface area (Å²) in [5.74, 6) is 2.22. The number of rotatable bonds is 4. The molecule has 2 unspecified atom stereocenters. The lowest BCUT2D eigenvalue weighted by Gasteiger charge is -2.41. The van der Waals surface area contributed by atoms with Gasteiger partial charge in [-0.1, -0.05) is 37.3 Å². The average molecular weight is 487 g/mol. The quantitative estimate of drug-likeness (QED) is 0.401. The molecule has 6 heteroatoms. The lowest BCUT2D eigenvalue weighted by molar-refractivity contribution is -0.0858. The van der Waals surface area contributed by atoms with Crippen LogP contribution in [0.5, 0.6) is 0 Å². The maximum absolute atomic E-state index is 5.84. The summed E-state index contributed by atoms with van der Waals surface area (Å²) in [7, 11) is 3.68. The molecule has 152 valence electrons. The number of nitrogens with zero attached hydrogens (tertiary/aromatic N) is 2. The van der Waals surface area contributed by atoms with Gasteiger partial charge in [-0.05, 0) is 23.8 Å². The Morgan fingerprint density at radius 2 is 2.00 bits per heavy atom. The van der Waals surface area contributed by atoms with Gasteiger partial charge < -0.3 is 19.7 Å². The predicted molar refractivity (Wildman–Crippen MR) is 121 cm³/mol. The van der Waals surface area contributed by atoms with Crippen LogP contribution in [0, 0.1) is 5.92 Å². The van der Waals surface area contributed by atoms with E-state index in [-0.39, 0.29) is 29.6 Å². The number of benzene rings is 1. The minimum Gasteiger partial charge on any atom is -0.381 e. The van der Waals surface area contributed by atoms with Crippen molar-refractivity contribution in [2.24, 2.45) is 10.9 Å². The molecular weight excluding hydrogens is 453 g/mol. The van der Waals surface area contributed by atoms with E-state index in [1.165, 1.54) is 5.56 Å². The summed E-state index contributed by atoms with van der Waals surface area (Å²) >= 11 is 0. The summed E-state index contributed by atoms with van der Waals surface area (Å²) in [6.45, 7) is 6.75. The maximum Gasteiger partial charge on any atom is 0.193 e. The second-order valence-electron chi connectivity index (χ2n) is 7.63. The summed E-state index contributed by atoms with van der Waals surface area (Å²) in [5, 5.41) is 3.57. The van der Waals surface area contributed by atoms with Crippen molar-refractivity contribution in [1.82, 2.24) is 10.2 Å². The fraction of sp³-hybridized carbons (Fsp3) is 0.667. The minimum absolute atomic E-state index is 0. The highest BCUT2D eigenvalue weighted by molar-refractivity contribution is 14.0. The van der Waals surface area contributed by atoms with Crippen LogP contribution < -0.4 is 5.32 Å². The number of ether oxygens (including phenoxy) is 2. The van der Waals surface area contributed by atoms with Crippen molar-refractivity contribution in [3.63, 3.8) is 0 Å². The number of nitrogens with one attached hydrogen (secondary N) is 1. The molecule has 1 N–H and O–H groups in total. The Morgan fingerprint density at radius 3 is 2.59 bits per heavy atom. The van der Waals surface area contributed by atoms with E-state index in [1.807, 2.05) is 14.2 Å². The molecule has 3 rings (SSSR count). The maximum atomic E-state index is 5.84. The van der Waals surface area contributed by atoms with E-state index < -0.39 is 0 Å². The number of methoxy groups -OCH3 is 1. The first kappa shape index (κ1) is 22.4. The largest absolute Gasteiger partial charge is 0.381 e. The number of hydrogen-bond donors (Lipinski definition) is 1.